The first kappa shape index (κ1) is 17.3. The molecule has 3 aromatic rings. The van der Waals surface area contributed by atoms with Crippen LogP contribution in [0.2, 0.25) is 0 Å². The van der Waals surface area contributed by atoms with Crippen LogP contribution in [0.15, 0.2) is 47.3 Å². The molecule has 0 unspecified atom stereocenters. The predicted molar refractivity (Wildman–Crippen MR) is 110 cm³/mol. The molecule has 1 aromatic heterocycles. The lowest BCUT2D eigenvalue weighted by Crippen LogP contribution is -2.33. The summed E-state index contributed by atoms with van der Waals surface area (Å²) >= 11 is 1.75. The van der Waals surface area contributed by atoms with Crippen molar-refractivity contribution in [1.29, 1.82) is 0 Å². The number of hydrogen-bond acceptors (Lipinski definition) is 3. The molecule has 2 aromatic carbocycles. The van der Waals surface area contributed by atoms with Crippen LogP contribution < -0.4 is 5.43 Å². The summed E-state index contributed by atoms with van der Waals surface area (Å²) in [6, 6.07) is 13.5. The monoisotopic (exact) mass is 364 g/mol. The Balaban J connectivity index is 1.92. The van der Waals surface area contributed by atoms with E-state index in [-0.39, 0.29) is 22.0 Å². The van der Waals surface area contributed by atoms with Crippen molar-refractivity contribution in [1.82, 2.24) is 0 Å². The summed E-state index contributed by atoms with van der Waals surface area (Å²) in [5.41, 5.74) is 3.93. The fourth-order valence-electron chi connectivity index (χ4n) is 3.96. The van der Waals surface area contributed by atoms with Crippen molar-refractivity contribution in [2.24, 2.45) is 0 Å². The molecule has 0 bridgehead atoms. The molecule has 1 aliphatic rings. The number of benzene rings is 1. The molecule has 1 aliphatic carbocycles. The first-order chi connectivity index (χ1) is 12.2. The third-order valence-corrected chi connectivity index (χ3v) is 7.01. The molecule has 2 nitrogen and oxygen atoms in total. The fraction of sp³-hybridized carbons (Fsp3) is 0.348. The van der Waals surface area contributed by atoms with Gasteiger partial charge in [0.25, 0.3) is 0 Å². The summed E-state index contributed by atoms with van der Waals surface area (Å²) in [4.78, 5) is 12.8. The highest BCUT2D eigenvalue weighted by Gasteiger charge is 2.37. The van der Waals surface area contributed by atoms with E-state index in [1.807, 2.05) is 6.07 Å². The van der Waals surface area contributed by atoms with Crippen molar-refractivity contribution in [3.63, 3.8) is 0 Å². The van der Waals surface area contributed by atoms with E-state index in [2.05, 4.69) is 45.9 Å². The zero-order valence-electron chi connectivity index (χ0n) is 15.7. The molecule has 0 spiro atoms. The summed E-state index contributed by atoms with van der Waals surface area (Å²) < 4.78 is 1.28. The van der Waals surface area contributed by atoms with Crippen molar-refractivity contribution in [2.45, 2.75) is 51.4 Å². The quantitative estimate of drug-likeness (QED) is 0.576. The second-order valence-corrected chi connectivity index (χ2v) is 9.77. The van der Waals surface area contributed by atoms with E-state index < -0.39 is 0 Å². The van der Waals surface area contributed by atoms with E-state index in [0.29, 0.717) is 0 Å². The highest BCUT2D eigenvalue weighted by atomic mass is 32.1. The van der Waals surface area contributed by atoms with Gasteiger partial charge in [0.1, 0.15) is 0 Å². The van der Waals surface area contributed by atoms with Crippen molar-refractivity contribution in [3.05, 3.63) is 63.8 Å². The molecule has 4 rings (SSSR count). The highest BCUT2D eigenvalue weighted by Crippen LogP contribution is 2.48. The average molecular weight is 365 g/mol. The minimum absolute atomic E-state index is 0.198. The molecule has 134 valence electrons. The lowest BCUT2D eigenvalue weighted by molar-refractivity contribution is 0.332. The molecule has 0 fully saturated rings. The maximum Gasteiger partial charge on any atom is 0.220 e. The molecule has 26 heavy (non-hydrogen) atoms. The van der Waals surface area contributed by atoms with Gasteiger partial charge in [0.05, 0.1) is 0 Å². The van der Waals surface area contributed by atoms with Crippen molar-refractivity contribution >= 4 is 21.4 Å². The summed E-state index contributed by atoms with van der Waals surface area (Å²) in [6.45, 7) is 9.38. The first-order valence-electron chi connectivity index (χ1n) is 9.10. The van der Waals surface area contributed by atoms with E-state index in [9.17, 15) is 9.90 Å². The normalized spacial score (nSPS) is 17.8. The van der Waals surface area contributed by atoms with Crippen LogP contribution in [-0.2, 0) is 10.8 Å². The van der Waals surface area contributed by atoms with Gasteiger partial charge in [0, 0.05) is 9.58 Å². The average Bonchev–Trinajstić information content (AvgIpc) is 2.92. The van der Waals surface area contributed by atoms with Crippen LogP contribution in [0.25, 0.3) is 20.5 Å². The Labute approximate surface area is 158 Å². The van der Waals surface area contributed by atoms with Gasteiger partial charge < -0.3 is 5.11 Å². The molecule has 3 heteroatoms. The Morgan fingerprint density at radius 2 is 1.50 bits per heavy atom. The van der Waals surface area contributed by atoms with Crippen LogP contribution in [0.5, 0.6) is 5.75 Å². The minimum Gasteiger partial charge on any atom is -0.504 e. The number of rotatable bonds is 1. The molecule has 0 radical (unpaired) electrons. The third-order valence-electron chi connectivity index (χ3n) is 5.86. The molecule has 0 aliphatic heterocycles. The molecular weight excluding hydrogens is 340 g/mol. The molecule has 0 saturated carbocycles. The van der Waals surface area contributed by atoms with Gasteiger partial charge in [0.2, 0.25) is 5.43 Å². The SMILES string of the molecule is CC1(C)CCC(C)(C)c2cc3sc(-c4ccc(O)c(=O)cc4)cc3cc21. The van der Waals surface area contributed by atoms with Crippen LogP contribution >= 0.6 is 11.3 Å². The second-order valence-electron chi connectivity index (χ2n) is 8.69. The molecule has 0 amide bonds. The van der Waals surface area contributed by atoms with Gasteiger partial charge in [-0.15, -0.1) is 11.3 Å². The Morgan fingerprint density at radius 3 is 2.19 bits per heavy atom. The summed E-state index contributed by atoms with van der Waals surface area (Å²) in [6.07, 6.45) is 2.41. The molecule has 0 atom stereocenters. The molecule has 0 saturated heterocycles. The standard InChI is InChI=1S/C23H24O2S/c1-22(2)9-10-23(3,4)17-13-21-15(11-16(17)22)12-20(26-21)14-5-7-18(24)19(25)8-6-14/h5-8,11-13H,9-10H2,1-4H3,(H,24,25). The number of fused-ring (bicyclic) bond motifs is 2. The Kier molecular flexibility index (Phi) is 3.78. The lowest BCUT2D eigenvalue weighted by Gasteiger charge is -2.41. The van der Waals surface area contributed by atoms with E-state index in [1.165, 1.54) is 46.2 Å². The van der Waals surface area contributed by atoms with Crippen molar-refractivity contribution in [3.8, 4) is 16.2 Å². The molecule has 1 heterocycles. The smallest absolute Gasteiger partial charge is 0.220 e. The second kappa shape index (κ2) is 5.68. The maximum atomic E-state index is 11.6. The van der Waals surface area contributed by atoms with Gasteiger partial charge in [-0.1, -0.05) is 27.7 Å². The van der Waals surface area contributed by atoms with Gasteiger partial charge in [-0.25, -0.2) is 0 Å². The number of hydrogen-bond donors (Lipinski definition) is 1. The largest absolute Gasteiger partial charge is 0.504 e. The van der Waals surface area contributed by atoms with Crippen LogP contribution in [0.1, 0.15) is 51.7 Å². The highest BCUT2D eigenvalue weighted by molar-refractivity contribution is 7.22. The van der Waals surface area contributed by atoms with Gasteiger partial charge in [-0.3, -0.25) is 4.79 Å². The van der Waals surface area contributed by atoms with Crippen LogP contribution in [0.3, 0.4) is 0 Å². The van der Waals surface area contributed by atoms with Gasteiger partial charge in [-0.2, -0.15) is 0 Å². The fourth-order valence-corrected chi connectivity index (χ4v) is 5.05. The van der Waals surface area contributed by atoms with Gasteiger partial charge in [0.15, 0.2) is 5.75 Å². The Bertz CT molecular complexity index is 1020. The van der Waals surface area contributed by atoms with Crippen LogP contribution in [-0.4, -0.2) is 5.11 Å². The van der Waals surface area contributed by atoms with Gasteiger partial charge >= 0.3 is 0 Å². The predicted octanol–water partition coefficient (Wildman–Crippen LogP) is 5.98. The molecule has 1 N–H and O–H groups in total. The van der Waals surface area contributed by atoms with E-state index in [4.69, 9.17) is 0 Å². The first-order valence-corrected chi connectivity index (χ1v) is 9.91. The summed E-state index contributed by atoms with van der Waals surface area (Å²) in [5, 5.41) is 10.9. The zero-order chi connectivity index (χ0) is 18.7. The number of thiophene rings is 1. The van der Waals surface area contributed by atoms with Crippen molar-refractivity contribution < 1.29 is 5.11 Å². The Hall–Kier alpha value is -2.13. The van der Waals surface area contributed by atoms with Gasteiger partial charge in [-0.05, 0) is 88.2 Å². The summed E-state index contributed by atoms with van der Waals surface area (Å²) in [7, 11) is 0. The topological polar surface area (TPSA) is 37.3 Å². The van der Waals surface area contributed by atoms with E-state index >= 15 is 0 Å². The zero-order valence-corrected chi connectivity index (χ0v) is 16.5. The maximum absolute atomic E-state index is 11.6. The van der Waals surface area contributed by atoms with Crippen molar-refractivity contribution in [2.75, 3.05) is 0 Å². The summed E-state index contributed by atoms with van der Waals surface area (Å²) in [5.74, 6) is -0.212. The lowest BCUT2D eigenvalue weighted by atomic mass is 9.63. The number of aromatic hydroxyl groups is 1. The van der Waals surface area contributed by atoms with E-state index in [1.54, 1.807) is 17.4 Å². The van der Waals surface area contributed by atoms with E-state index in [0.717, 1.165) is 10.4 Å². The van der Waals surface area contributed by atoms with Crippen LogP contribution in [0.4, 0.5) is 0 Å². The minimum atomic E-state index is -0.351. The Morgan fingerprint density at radius 1 is 0.885 bits per heavy atom. The molecular formula is C23H24O2S. The third kappa shape index (κ3) is 2.75. The van der Waals surface area contributed by atoms with Crippen LogP contribution in [0, 0.1) is 0 Å².